The first-order valence-electron chi connectivity index (χ1n) is 7.34. The molecule has 0 fully saturated rings. The second-order valence-corrected chi connectivity index (χ2v) is 6.09. The zero-order chi connectivity index (χ0) is 16.1. The lowest BCUT2D eigenvalue weighted by Gasteiger charge is -2.20. The maximum Gasteiger partial charge on any atom is 0.315 e. The monoisotopic (exact) mass is 334 g/mol. The van der Waals surface area contributed by atoms with Crippen LogP contribution in [-0.4, -0.2) is 30.9 Å². The molecule has 2 amide bonds. The molecule has 0 radical (unpaired) electrons. The maximum absolute atomic E-state index is 11.7. The molecule has 0 saturated heterocycles. The van der Waals surface area contributed by atoms with Crippen LogP contribution in [0.15, 0.2) is 35.7 Å². The summed E-state index contributed by atoms with van der Waals surface area (Å²) < 4.78 is 10.9. The van der Waals surface area contributed by atoms with Crippen LogP contribution in [0.1, 0.15) is 16.5 Å². The Bertz CT molecular complexity index is 660. The second kappa shape index (κ2) is 7.34. The average Bonchev–Trinajstić information content (AvgIpc) is 3.11. The first kappa shape index (κ1) is 15.6. The smallest absolute Gasteiger partial charge is 0.315 e. The van der Waals surface area contributed by atoms with E-state index in [1.165, 1.54) is 0 Å². The van der Waals surface area contributed by atoms with Crippen LogP contribution in [-0.2, 0) is 6.54 Å². The van der Waals surface area contributed by atoms with Crippen molar-refractivity contribution in [3.63, 3.8) is 0 Å². The van der Waals surface area contributed by atoms with Crippen LogP contribution >= 0.6 is 11.3 Å². The lowest BCUT2D eigenvalue weighted by Crippen LogP contribution is -2.37. The molecule has 7 heteroatoms. The van der Waals surface area contributed by atoms with Gasteiger partial charge in [0.25, 0.3) is 0 Å². The predicted octanol–water partition coefficient (Wildman–Crippen LogP) is 2.05. The molecule has 1 aliphatic rings. The number of aliphatic hydroxyl groups excluding tert-OH is 1. The fraction of sp³-hybridized carbons (Fsp3) is 0.312. The largest absolute Gasteiger partial charge is 0.486 e. The number of hydrogen-bond donors (Lipinski definition) is 3. The van der Waals surface area contributed by atoms with Crippen molar-refractivity contribution in [2.45, 2.75) is 12.6 Å². The highest BCUT2D eigenvalue weighted by atomic mass is 32.1. The molecule has 2 aromatic rings. The van der Waals surface area contributed by atoms with E-state index in [4.69, 9.17) is 9.47 Å². The van der Waals surface area contributed by atoms with Gasteiger partial charge in [-0.1, -0.05) is 12.1 Å². The van der Waals surface area contributed by atoms with E-state index in [-0.39, 0.29) is 12.6 Å². The number of rotatable bonds is 5. The molecule has 3 N–H and O–H groups in total. The number of benzene rings is 1. The third-order valence-corrected chi connectivity index (χ3v) is 4.29. The number of thiophene rings is 1. The van der Waals surface area contributed by atoms with Crippen molar-refractivity contribution in [2.75, 3.05) is 19.8 Å². The zero-order valence-electron chi connectivity index (χ0n) is 12.5. The number of carbonyl (C=O) groups excluding carboxylic acids is 1. The number of hydrogen-bond acceptors (Lipinski definition) is 5. The third kappa shape index (κ3) is 4.14. The Balaban J connectivity index is 1.48. The molecule has 1 atom stereocenters. The summed E-state index contributed by atoms with van der Waals surface area (Å²) in [7, 11) is 0. The van der Waals surface area contributed by atoms with Crippen molar-refractivity contribution < 1.29 is 19.4 Å². The van der Waals surface area contributed by atoms with Crippen LogP contribution < -0.4 is 20.1 Å². The summed E-state index contributed by atoms with van der Waals surface area (Å²) in [6.07, 6.45) is -0.807. The van der Waals surface area contributed by atoms with Gasteiger partial charge in [-0.25, -0.2) is 4.79 Å². The fourth-order valence-corrected chi connectivity index (χ4v) is 2.86. The van der Waals surface area contributed by atoms with Crippen LogP contribution in [0.4, 0.5) is 4.79 Å². The van der Waals surface area contributed by atoms with E-state index in [2.05, 4.69) is 10.6 Å². The molecule has 3 rings (SSSR count). The highest BCUT2D eigenvalue weighted by Crippen LogP contribution is 2.32. The lowest BCUT2D eigenvalue weighted by atomic mass is 10.1. The Morgan fingerprint density at radius 2 is 2.04 bits per heavy atom. The van der Waals surface area contributed by atoms with Gasteiger partial charge in [0.05, 0.1) is 12.6 Å². The summed E-state index contributed by atoms with van der Waals surface area (Å²) >= 11 is 1.58. The quantitative estimate of drug-likeness (QED) is 0.782. The van der Waals surface area contributed by atoms with Crippen LogP contribution in [0.5, 0.6) is 11.5 Å². The Morgan fingerprint density at radius 1 is 1.22 bits per heavy atom. The summed E-state index contributed by atoms with van der Waals surface area (Å²) in [5.41, 5.74) is 0.674. The van der Waals surface area contributed by atoms with Gasteiger partial charge in [-0.2, -0.15) is 0 Å². The molecular weight excluding hydrogens is 316 g/mol. The second-order valence-electron chi connectivity index (χ2n) is 5.06. The number of carbonyl (C=O) groups is 1. The SMILES string of the molecule is O=C(NCc1cccs1)NCC(O)c1ccc2c(c1)OCCO2. The molecule has 0 aliphatic carbocycles. The molecule has 6 nitrogen and oxygen atoms in total. The van der Waals surface area contributed by atoms with Crippen molar-refractivity contribution in [3.8, 4) is 11.5 Å². The number of aliphatic hydroxyl groups is 1. The van der Waals surface area contributed by atoms with E-state index in [1.807, 2.05) is 17.5 Å². The maximum atomic E-state index is 11.7. The first-order chi connectivity index (χ1) is 11.2. The van der Waals surface area contributed by atoms with Gasteiger partial charge in [0.1, 0.15) is 13.2 Å². The molecule has 0 saturated carbocycles. The molecule has 0 bridgehead atoms. The highest BCUT2D eigenvalue weighted by Gasteiger charge is 2.16. The minimum atomic E-state index is -0.807. The van der Waals surface area contributed by atoms with Crippen LogP contribution in [0, 0.1) is 0 Å². The summed E-state index contributed by atoms with van der Waals surface area (Å²) in [6, 6.07) is 8.85. The Labute approximate surface area is 138 Å². The first-order valence-corrected chi connectivity index (χ1v) is 8.22. The van der Waals surface area contributed by atoms with Crippen LogP contribution in [0.3, 0.4) is 0 Å². The standard InChI is InChI=1S/C16H18N2O4S/c19-13(10-18-16(20)17-9-12-2-1-7-23-12)11-3-4-14-15(8-11)22-6-5-21-14/h1-4,7-8,13,19H,5-6,9-10H2,(H2,17,18,20). The Morgan fingerprint density at radius 3 is 2.83 bits per heavy atom. The van der Waals surface area contributed by atoms with Crippen molar-refractivity contribution in [3.05, 3.63) is 46.2 Å². The zero-order valence-corrected chi connectivity index (χ0v) is 13.3. The van der Waals surface area contributed by atoms with Gasteiger partial charge in [0.15, 0.2) is 11.5 Å². The molecule has 1 unspecified atom stereocenters. The van der Waals surface area contributed by atoms with Gasteiger partial charge in [0, 0.05) is 11.4 Å². The molecule has 122 valence electrons. The predicted molar refractivity (Wildman–Crippen MR) is 86.9 cm³/mol. The minimum Gasteiger partial charge on any atom is -0.486 e. The van der Waals surface area contributed by atoms with Crippen molar-refractivity contribution in [2.24, 2.45) is 0 Å². The molecule has 23 heavy (non-hydrogen) atoms. The van der Waals surface area contributed by atoms with Crippen LogP contribution in [0.2, 0.25) is 0 Å². The molecule has 0 spiro atoms. The highest BCUT2D eigenvalue weighted by molar-refractivity contribution is 7.09. The number of ether oxygens (including phenoxy) is 2. The van der Waals surface area contributed by atoms with E-state index >= 15 is 0 Å². The normalized spacial score (nSPS) is 14.1. The van der Waals surface area contributed by atoms with E-state index in [1.54, 1.807) is 29.5 Å². The number of amides is 2. The van der Waals surface area contributed by atoms with Crippen LogP contribution in [0.25, 0.3) is 0 Å². The van der Waals surface area contributed by atoms with Gasteiger partial charge in [-0.15, -0.1) is 11.3 Å². The lowest BCUT2D eigenvalue weighted by molar-refractivity contribution is 0.163. The number of fused-ring (bicyclic) bond motifs is 1. The average molecular weight is 334 g/mol. The van der Waals surface area contributed by atoms with E-state index in [9.17, 15) is 9.90 Å². The van der Waals surface area contributed by atoms with Gasteiger partial charge in [0.2, 0.25) is 0 Å². The van der Waals surface area contributed by atoms with Crippen molar-refractivity contribution >= 4 is 17.4 Å². The summed E-state index contributed by atoms with van der Waals surface area (Å²) in [5.74, 6) is 1.30. The Kier molecular flexibility index (Phi) is 4.99. The molecule has 1 aromatic heterocycles. The van der Waals surface area contributed by atoms with Gasteiger partial charge < -0.3 is 25.2 Å². The van der Waals surface area contributed by atoms with Gasteiger partial charge in [-0.05, 0) is 29.1 Å². The van der Waals surface area contributed by atoms with E-state index in [0.29, 0.717) is 36.8 Å². The molecular formula is C16H18N2O4S. The molecule has 2 heterocycles. The molecule has 1 aromatic carbocycles. The van der Waals surface area contributed by atoms with E-state index < -0.39 is 6.10 Å². The number of urea groups is 1. The van der Waals surface area contributed by atoms with E-state index in [0.717, 1.165) is 4.88 Å². The minimum absolute atomic E-state index is 0.121. The fourth-order valence-electron chi connectivity index (χ4n) is 2.22. The number of nitrogens with one attached hydrogen (secondary N) is 2. The topological polar surface area (TPSA) is 79.8 Å². The third-order valence-electron chi connectivity index (χ3n) is 3.41. The van der Waals surface area contributed by atoms with Crippen molar-refractivity contribution in [1.29, 1.82) is 0 Å². The van der Waals surface area contributed by atoms with Gasteiger partial charge >= 0.3 is 6.03 Å². The summed E-state index contributed by atoms with van der Waals surface area (Å²) in [6.45, 7) is 1.62. The Hall–Kier alpha value is -2.25. The van der Waals surface area contributed by atoms with Crippen molar-refractivity contribution in [1.82, 2.24) is 10.6 Å². The summed E-state index contributed by atoms with van der Waals surface area (Å²) in [5, 5.41) is 17.5. The molecule has 1 aliphatic heterocycles. The summed E-state index contributed by atoms with van der Waals surface area (Å²) in [4.78, 5) is 12.8. The van der Waals surface area contributed by atoms with Gasteiger partial charge in [-0.3, -0.25) is 0 Å².